The van der Waals surface area contributed by atoms with E-state index < -0.39 is 0 Å². The maximum absolute atomic E-state index is 6.58. The zero-order valence-electron chi connectivity index (χ0n) is 19.5. The van der Waals surface area contributed by atoms with Crippen molar-refractivity contribution in [2.75, 3.05) is 19.1 Å². The van der Waals surface area contributed by atoms with Crippen molar-refractivity contribution in [2.24, 2.45) is 0 Å². The van der Waals surface area contributed by atoms with Gasteiger partial charge in [0.15, 0.2) is 5.82 Å². The van der Waals surface area contributed by atoms with Gasteiger partial charge in [0.05, 0.1) is 19.0 Å². The van der Waals surface area contributed by atoms with Crippen LogP contribution < -0.4 is 15.0 Å². The quantitative estimate of drug-likeness (QED) is 0.568. The van der Waals surface area contributed by atoms with Crippen LogP contribution in [-0.2, 0) is 0 Å². The molecular weight excluding hydrogens is 424 g/mol. The molecule has 1 aliphatic heterocycles. The minimum atomic E-state index is 0.0644. The first-order valence-corrected chi connectivity index (χ1v) is 11.2. The second-order valence-electron chi connectivity index (χ2n) is 9.86. The zero-order valence-corrected chi connectivity index (χ0v) is 20.3. The molecule has 1 aromatic carbocycles. The number of aromatic amines is 1. The maximum atomic E-state index is 6.58. The van der Waals surface area contributed by atoms with Crippen LogP contribution in [0.1, 0.15) is 40.5 Å². The largest absolute Gasteiger partial charge is 0.496 e. The number of hydrogen-bond donors (Lipinski definition) is 2. The van der Waals surface area contributed by atoms with Crippen LogP contribution in [0.4, 0.5) is 5.82 Å². The van der Waals surface area contributed by atoms with E-state index in [4.69, 9.17) is 16.3 Å². The molecule has 0 saturated carbocycles. The van der Waals surface area contributed by atoms with E-state index in [1.54, 1.807) is 19.5 Å². The summed E-state index contributed by atoms with van der Waals surface area (Å²) in [6.45, 7) is 9.03. The van der Waals surface area contributed by atoms with Crippen molar-refractivity contribution < 1.29 is 4.74 Å². The van der Waals surface area contributed by atoms with Crippen LogP contribution in [0.3, 0.4) is 0 Å². The van der Waals surface area contributed by atoms with Gasteiger partial charge in [-0.05, 0) is 64.8 Å². The molecule has 32 heavy (non-hydrogen) atoms. The zero-order chi connectivity index (χ0) is 23.1. The third kappa shape index (κ3) is 4.59. The fourth-order valence-electron chi connectivity index (χ4n) is 4.93. The number of methoxy groups -OCH3 is 1. The minimum Gasteiger partial charge on any atom is -0.496 e. The third-order valence-corrected chi connectivity index (χ3v) is 6.42. The van der Waals surface area contributed by atoms with Crippen molar-refractivity contribution in [3.8, 4) is 28.1 Å². The van der Waals surface area contributed by atoms with Gasteiger partial charge in [-0.25, -0.2) is 0 Å². The van der Waals surface area contributed by atoms with Crippen LogP contribution in [-0.4, -0.2) is 51.7 Å². The number of nitrogens with zero attached hydrogens (tertiary/aromatic N) is 4. The number of anilines is 1. The van der Waals surface area contributed by atoms with Crippen LogP contribution >= 0.6 is 11.6 Å². The number of H-pyrrole nitrogens is 1. The number of halogens is 1. The van der Waals surface area contributed by atoms with Gasteiger partial charge in [0.25, 0.3) is 0 Å². The van der Waals surface area contributed by atoms with Gasteiger partial charge in [0.1, 0.15) is 5.75 Å². The van der Waals surface area contributed by atoms with Gasteiger partial charge in [-0.1, -0.05) is 11.6 Å². The topological polar surface area (TPSA) is 79.0 Å². The first-order chi connectivity index (χ1) is 15.1. The van der Waals surface area contributed by atoms with Crippen molar-refractivity contribution in [2.45, 2.75) is 57.7 Å². The highest BCUT2D eigenvalue weighted by Gasteiger charge is 2.39. The van der Waals surface area contributed by atoms with Gasteiger partial charge in [-0.2, -0.15) is 5.10 Å². The predicted octanol–water partition coefficient (Wildman–Crippen LogP) is 4.94. The molecule has 3 aromatic rings. The Morgan fingerprint density at radius 2 is 1.78 bits per heavy atom. The Kier molecular flexibility index (Phi) is 5.90. The normalized spacial score (nSPS) is 17.8. The number of piperidine rings is 1. The Labute approximate surface area is 194 Å². The molecule has 0 unspecified atom stereocenters. The minimum absolute atomic E-state index is 0.0644. The summed E-state index contributed by atoms with van der Waals surface area (Å²) < 4.78 is 5.64. The monoisotopic (exact) mass is 454 g/mol. The SMILES string of the molecule is COc1cc(-c2cn[nH]c2)c(Cl)cc1-c1ccc(N(C)C2CC(C)(C)NC(C)(C)C2)nn1. The molecule has 0 radical (unpaired) electrons. The number of hydrogen-bond acceptors (Lipinski definition) is 6. The van der Waals surface area contributed by atoms with Crippen LogP contribution in [0.2, 0.25) is 5.02 Å². The molecule has 3 heterocycles. The molecule has 0 bridgehead atoms. The number of rotatable bonds is 5. The van der Waals surface area contributed by atoms with Crippen molar-refractivity contribution in [3.05, 3.63) is 41.7 Å². The average molecular weight is 455 g/mol. The van der Waals surface area contributed by atoms with Crippen molar-refractivity contribution in [1.29, 1.82) is 0 Å². The van der Waals surface area contributed by atoms with Crippen molar-refractivity contribution in [3.63, 3.8) is 0 Å². The predicted molar refractivity (Wildman–Crippen MR) is 129 cm³/mol. The molecule has 170 valence electrons. The number of nitrogens with one attached hydrogen (secondary N) is 2. The molecule has 0 aliphatic carbocycles. The second-order valence-corrected chi connectivity index (χ2v) is 10.3. The van der Waals surface area contributed by atoms with Crippen LogP contribution in [0, 0.1) is 0 Å². The van der Waals surface area contributed by atoms with Gasteiger partial charge in [-0.15, -0.1) is 10.2 Å². The number of ether oxygens (including phenoxy) is 1. The average Bonchev–Trinajstić information content (AvgIpc) is 3.25. The van der Waals surface area contributed by atoms with E-state index in [2.05, 4.69) is 65.4 Å². The summed E-state index contributed by atoms with van der Waals surface area (Å²) in [6, 6.07) is 8.14. The highest BCUT2D eigenvalue weighted by molar-refractivity contribution is 6.33. The van der Waals surface area contributed by atoms with E-state index >= 15 is 0 Å². The summed E-state index contributed by atoms with van der Waals surface area (Å²) >= 11 is 6.58. The van der Waals surface area contributed by atoms with Crippen LogP contribution in [0.5, 0.6) is 5.75 Å². The first kappa shape index (κ1) is 22.6. The van der Waals surface area contributed by atoms with Crippen molar-refractivity contribution >= 4 is 17.4 Å². The lowest BCUT2D eigenvalue weighted by atomic mass is 9.79. The van der Waals surface area contributed by atoms with Crippen molar-refractivity contribution in [1.82, 2.24) is 25.7 Å². The van der Waals surface area contributed by atoms with E-state index in [0.29, 0.717) is 22.5 Å². The van der Waals surface area contributed by atoms with E-state index in [-0.39, 0.29) is 11.1 Å². The second kappa shape index (κ2) is 8.37. The maximum Gasteiger partial charge on any atom is 0.151 e. The molecule has 2 aromatic heterocycles. The Morgan fingerprint density at radius 1 is 1.06 bits per heavy atom. The summed E-state index contributed by atoms with van der Waals surface area (Å²) in [5.74, 6) is 1.54. The lowest BCUT2D eigenvalue weighted by Gasteiger charge is -2.49. The third-order valence-electron chi connectivity index (χ3n) is 6.10. The lowest BCUT2D eigenvalue weighted by molar-refractivity contribution is 0.160. The van der Waals surface area contributed by atoms with E-state index in [1.807, 2.05) is 24.3 Å². The number of aromatic nitrogens is 4. The molecule has 0 amide bonds. The van der Waals surface area contributed by atoms with Crippen LogP contribution in [0.15, 0.2) is 36.7 Å². The first-order valence-electron chi connectivity index (χ1n) is 10.8. The summed E-state index contributed by atoms with van der Waals surface area (Å²) in [6.07, 6.45) is 5.60. The smallest absolute Gasteiger partial charge is 0.151 e. The molecule has 8 heteroatoms. The Balaban J connectivity index is 1.61. The van der Waals surface area contributed by atoms with Gasteiger partial charge in [-0.3, -0.25) is 5.10 Å². The lowest BCUT2D eigenvalue weighted by Crippen LogP contribution is -2.62. The van der Waals surface area contributed by atoms with Gasteiger partial charge in [0, 0.05) is 52.1 Å². The summed E-state index contributed by atoms with van der Waals surface area (Å²) in [5, 5.41) is 20.2. The van der Waals surface area contributed by atoms with Gasteiger partial charge in [0.2, 0.25) is 0 Å². The summed E-state index contributed by atoms with van der Waals surface area (Å²) in [5.41, 5.74) is 3.39. The molecule has 0 spiro atoms. The fraction of sp³-hybridized carbons (Fsp3) is 0.458. The highest BCUT2D eigenvalue weighted by Crippen LogP contribution is 2.39. The summed E-state index contributed by atoms with van der Waals surface area (Å²) in [4.78, 5) is 2.24. The molecule has 1 fully saturated rings. The Hall–Kier alpha value is -2.64. The highest BCUT2D eigenvalue weighted by atomic mass is 35.5. The Morgan fingerprint density at radius 3 is 2.34 bits per heavy atom. The molecule has 2 N–H and O–H groups in total. The van der Waals surface area contributed by atoms with Crippen LogP contribution in [0.25, 0.3) is 22.4 Å². The molecule has 7 nitrogen and oxygen atoms in total. The van der Waals surface area contributed by atoms with Gasteiger partial charge >= 0.3 is 0 Å². The molecule has 4 rings (SSSR count). The molecule has 1 saturated heterocycles. The van der Waals surface area contributed by atoms with E-state index in [9.17, 15) is 0 Å². The summed E-state index contributed by atoms with van der Waals surface area (Å²) in [7, 11) is 3.74. The Bertz CT molecular complexity index is 1060. The standard InChI is InChI=1S/C24H31ClN6O/c1-23(2)11-16(12-24(3,4)30-23)31(5)22-8-7-20(28-29-22)18-9-19(25)17(10-21(18)32-6)15-13-26-27-14-15/h7-10,13-14,16,30H,11-12H2,1-6H3,(H,26,27). The van der Waals surface area contributed by atoms with Gasteiger partial charge < -0.3 is 15.0 Å². The van der Waals surface area contributed by atoms with E-state index in [0.717, 1.165) is 35.3 Å². The molecule has 1 aliphatic rings. The van der Waals surface area contributed by atoms with E-state index in [1.165, 1.54) is 0 Å². The number of benzene rings is 1. The molecular formula is C24H31ClN6O. The fourth-order valence-corrected chi connectivity index (χ4v) is 5.20. The molecule has 0 atom stereocenters.